The Labute approximate surface area is 146 Å². The van der Waals surface area contributed by atoms with Gasteiger partial charge in [-0.15, -0.1) is 12.4 Å². The van der Waals surface area contributed by atoms with Gasteiger partial charge in [0.15, 0.2) is 5.58 Å². The van der Waals surface area contributed by atoms with E-state index in [1.54, 1.807) is 19.2 Å². The Morgan fingerprint density at radius 2 is 2.25 bits per heavy atom. The number of carbonyl (C=O) groups is 1. The molecule has 7 heteroatoms. The molecule has 0 radical (unpaired) electrons. The second-order valence-corrected chi connectivity index (χ2v) is 6.79. The first kappa shape index (κ1) is 17.0. The first-order valence-electron chi connectivity index (χ1n) is 8.22. The van der Waals surface area contributed by atoms with Gasteiger partial charge >= 0.3 is 5.76 Å². The highest BCUT2D eigenvalue weighted by Gasteiger charge is 2.49. The fraction of sp³-hybridized carbons (Fsp3) is 0.529. The van der Waals surface area contributed by atoms with Crippen LogP contribution in [-0.4, -0.2) is 23.6 Å². The zero-order chi connectivity index (χ0) is 16.0. The monoisotopic (exact) mass is 351 g/mol. The summed E-state index contributed by atoms with van der Waals surface area (Å²) < 4.78 is 6.65. The second kappa shape index (κ2) is 6.26. The first-order chi connectivity index (χ1) is 11.1. The lowest BCUT2D eigenvalue weighted by Gasteiger charge is -2.37. The van der Waals surface area contributed by atoms with Crippen LogP contribution in [0.1, 0.15) is 25.7 Å². The molecule has 2 N–H and O–H groups in total. The molecule has 6 nitrogen and oxygen atoms in total. The van der Waals surface area contributed by atoms with E-state index in [1.165, 1.54) is 11.0 Å². The normalized spacial score (nSPS) is 26.0. The number of anilines is 1. The quantitative estimate of drug-likeness (QED) is 0.870. The summed E-state index contributed by atoms with van der Waals surface area (Å²) in [4.78, 5) is 24.5. The maximum absolute atomic E-state index is 12.9. The predicted molar refractivity (Wildman–Crippen MR) is 94.6 cm³/mol. The molecule has 1 aliphatic carbocycles. The molecule has 1 aromatic carbocycles. The average Bonchev–Trinajstić information content (AvgIpc) is 3.10. The van der Waals surface area contributed by atoms with Gasteiger partial charge in [-0.25, -0.2) is 4.79 Å². The Balaban J connectivity index is 0.00000169. The van der Waals surface area contributed by atoms with Crippen molar-refractivity contribution in [3.8, 4) is 0 Å². The molecule has 1 saturated heterocycles. The minimum Gasteiger partial charge on any atom is -0.408 e. The Morgan fingerprint density at radius 3 is 3.08 bits per heavy atom. The number of carbonyl (C=O) groups excluding carboxylic acids is 1. The van der Waals surface area contributed by atoms with Crippen LogP contribution in [0.5, 0.6) is 0 Å². The highest BCUT2D eigenvalue weighted by Crippen LogP contribution is 2.44. The number of rotatable bonds is 2. The molecule has 1 aromatic heterocycles. The number of aryl methyl sites for hydroxylation is 1. The summed E-state index contributed by atoms with van der Waals surface area (Å²) in [5.74, 6) is 0.119. The van der Waals surface area contributed by atoms with Crippen LogP contribution in [0.4, 0.5) is 5.69 Å². The Hall–Kier alpha value is -1.79. The molecule has 1 saturated carbocycles. The molecule has 2 aliphatic rings. The van der Waals surface area contributed by atoms with Gasteiger partial charge in [0.2, 0.25) is 5.91 Å². The number of hydrogen-bond acceptors (Lipinski definition) is 4. The van der Waals surface area contributed by atoms with Crippen molar-refractivity contribution in [3.63, 3.8) is 0 Å². The largest absolute Gasteiger partial charge is 0.419 e. The molecule has 24 heavy (non-hydrogen) atoms. The van der Waals surface area contributed by atoms with Gasteiger partial charge in [-0.05, 0) is 37.4 Å². The molecule has 2 atom stereocenters. The number of oxazole rings is 1. The van der Waals surface area contributed by atoms with E-state index < -0.39 is 5.76 Å². The van der Waals surface area contributed by atoms with Crippen LogP contribution in [0.3, 0.4) is 0 Å². The summed E-state index contributed by atoms with van der Waals surface area (Å²) in [5.41, 5.74) is 1.62. The topological polar surface area (TPSA) is 76.3 Å². The lowest BCUT2D eigenvalue weighted by atomic mass is 9.67. The van der Waals surface area contributed by atoms with E-state index in [2.05, 4.69) is 10.6 Å². The van der Waals surface area contributed by atoms with Gasteiger partial charge in [-0.3, -0.25) is 9.36 Å². The third kappa shape index (κ3) is 2.54. The van der Waals surface area contributed by atoms with E-state index in [1.807, 2.05) is 6.07 Å². The SMILES string of the molecule is Cl.Cn1c(=O)oc2cc(NC(=O)[C@@]34CCCC[C@H]3CNC4)ccc21. The summed E-state index contributed by atoms with van der Waals surface area (Å²) in [5, 5.41) is 6.43. The minimum absolute atomic E-state index is 0. The third-order valence-electron chi connectivity index (χ3n) is 5.54. The Bertz CT molecular complexity index is 828. The van der Waals surface area contributed by atoms with Crippen LogP contribution in [0, 0.1) is 11.3 Å². The molecular weight excluding hydrogens is 330 g/mol. The second-order valence-electron chi connectivity index (χ2n) is 6.79. The molecule has 4 rings (SSSR count). The molecule has 130 valence electrons. The van der Waals surface area contributed by atoms with Crippen molar-refractivity contribution in [2.24, 2.45) is 18.4 Å². The lowest BCUT2D eigenvalue weighted by Crippen LogP contribution is -2.44. The van der Waals surface area contributed by atoms with Gasteiger partial charge < -0.3 is 15.1 Å². The van der Waals surface area contributed by atoms with Crippen LogP contribution in [-0.2, 0) is 11.8 Å². The van der Waals surface area contributed by atoms with Gasteiger partial charge in [0.1, 0.15) is 0 Å². The maximum Gasteiger partial charge on any atom is 0.419 e. The summed E-state index contributed by atoms with van der Waals surface area (Å²) in [7, 11) is 1.67. The van der Waals surface area contributed by atoms with E-state index >= 15 is 0 Å². The number of amides is 1. The molecule has 0 spiro atoms. The molecule has 2 fully saturated rings. The number of nitrogens with one attached hydrogen (secondary N) is 2. The Morgan fingerprint density at radius 1 is 1.42 bits per heavy atom. The number of nitrogens with zero attached hydrogens (tertiary/aromatic N) is 1. The lowest BCUT2D eigenvalue weighted by molar-refractivity contribution is -0.128. The zero-order valence-corrected chi connectivity index (χ0v) is 14.4. The number of aromatic nitrogens is 1. The maximum atomic E-state index is 12.9. The van der Waals surface area contributed by atoms with Gasteiger partial charge in [0, 0.05) is 25.3 Å². The van der Waals surface area contributed by atoms with Crippen molar-refractivity contribution >= 4 is 35.1 Å². The molecule has 1 aliphatic heterocycles. The molecule has 2 aromatic rings. The molecular formula is C17H22ClN3O3. The zero-order valence-electron chi connectivity index (χ0n) is 13.6. The number of hydrogen-bond donors (Lipinski definition) is 2. The standard InChI is InChI=1S/C17H21N3O3.ClH/c1-20-13-6-5-12(8-14(13)23-16(20)22)19-15(21)17-7-3-2-4-11(17)9-18-10-17;/h5-6,8,11,18H,2-4,7,9-10H2,1H3,(H,19,21);1H/t11-,17+;/m0./s1. The fourth-order valence-electron chi connectivity index (χ4n) is 4.16. The van der Waals surface area contributed by atoms with Crippen molar-refractivity contribution in [2.75, 3.05) is 18.4 Å². The summed E-state index contributed by atoms with van der Waals surface area (Å²) in [6, 6.07) is 5.36. The molecule has 2 heterocycles. The summed E-state index contributed by atoms with van der Waals surface area (Å²) in [6.45, 7) is 1.69. The van der Waals surface area contributed by atoms with Crippen LogP contribution in [0.2, 0.25) is 0 Å². The van der Waals surface area contributed by atoms with Crippen molar-refractivity contribution in [3.05, 3.63) is 28.7 Å². The number of fused-ring (bicyclic) bond motifs is 2. The van der Waals surface area contributed by atoms with Crippen molar-refractivity contribution in [1.29, 1.82) is 0 Å². The van der Waals surface area contributed by atoms with E-state index in [4.69, 9.17) is 4.42 Å². The van der Waals surface area contributed by atoms with E-state index in [-0.39, 0.29) is 23.7 Å². The average molecular weight is 352 g/mol. The fourth-order valence-corrected chi connectivity index (χ4v) is 4.16. The van der Waals surface area contributed by atoms with Crippen LogP contribution in [0.15, 0.2) is 27.4 Å². The van der Waals surface area contributed by atoms with Crippen LogP contribution < -0.4 is 16.4 Å². The molecule has 1 amide bonds. The van der Waals surface area contributed by atoms with Crippen molar-refractivity contribution in [2.45, 2.75) is 25.7 Å². The summed E-state index contributed by atoms with van der Waals surface area (Å²) >= 11 is 0. The van der Waals surface area contributed by atoms with E-state index in [0.717, 1.165) is 37.9 Å². The smallest absolute Gasteiger partial charge is 0.408 e. The van der Waals surface area contributed by atoms with E-state index in [9.17, 15) is 9.59 Å². The third-order valence-corrected chi connectivity index (χ3v) is 5.54. The van der Waals surface area contributed by atoms with Crippen molar-refractivity contribution in [1.82, 2.24) is 9.88 Å². The highest BCUT2D eigenvalue weighted by molar-refractivity contribution is 5.97. The van der Waals surface area contributed by atoms with E-state index in [0.29, 0.717) is 17.2 Å². The molecule has 0 bridgehead atoms. The van der Waals surface area contributed by atoms with Gasteiger partial charge in [-0.2, -0.15) is 0 Å². The minimum atomic E-state index is -0.394. The molecule has 0 unspecified atom stereocenters. The van der Waals surface area contributed by atoms with Gasteiger partial charge in [-0.1, -0.05) is 12.8 Å². The van der Waals surface area contributed by atoms with Gasteiger partial charge in [0.05, 0.1) is 10.9 Å². The number of halogens is 1. The number of benzene rings is 1. The van der Waals surface area contributed by atoms with Crippen LogP contribution >= 0.6 is 12.4 Å². The predicted octanol–water partition coefficient (Wildman–Crippen LogP) is 2.27. The Kier molecular flexibility index (Phi) is 4.44. The van der Waals surface area contributed by atoms with Crippen molar-refractivity contribution < 1.29 is 9.21 Å². The first-order valence-corrected chi connectivity index (χ1v) is 8.22. The highest BCUT2D eigenvalue weighted by atomic mass is 35.5. The van der Waals surface area contributed by atoms with Crippen LogP contribution in [0.25, 0.3) is 11.1 Å². The van der Waals surface area contributed by atoms with Gasteiger partial charge in [0.25, 0.3) is 0 Å². The summed E-state index contributed by atoms with van der Waals surface area (Å²) in [6.07, 6.45) is 4.38.